The van der Waals surface area contributed by atoms with Crippen LogP contribution in [0.5, 0.6) is 0 Å². The van der Waals surface area contributed by atoms with Crippen LogP contribution in [0.1, 0.15) is 24.3 Å². The van der Waals surface area contributed by atoms with Crippen molar-refractivity contribution in [3.8, 4) is 0 Å². The molecule has 2 atom stereocenters. The molecule has 0 bridgehead atoms. The summed E-state index contributed by atoms with van der Waals surface area (Å²) in [5.74, 6) is 0.238. The van der Waals surface area contributed by atoms with Crippen molar-refractivity contribution in [2.45, 2.75) is 19.4 Å². The topological polar surface area (TPSA) is 29.3 Å². The van der Waals surface area contributed by atoms with Gasteiger partial charge < -0.3 is 9.88 Å². The second-order valence-electron chi connectivity index (χ2n) is 11.5. The van der Waals surface area contributed by atoms with E-state index >= 15 is 0 Å². The number of benzene rings is 5. The van der Waals surface area contributed by atoms with Gasteiger partial charge in [-0.1, -0.05) is 85.8 Å². The fraction of sp³-hybridized carbons (Fsp3) is 0.132. The zero-order chi connectivity index (χ0) is 27.8. The first-order chi connectivity index (χ1) is 20.8. The van der Waals surface area contributed by atoms with Crippen molar-refractivity contribution >= 4 is 76.2 Å². The van der Waals surface area contributed by atoms with Crippen LogP contribution in [0.2, 0.25) is 0 Å². The Morgan fingerprint density at radius 1 is 0.810 bits per heavy atom. The van der Waals surface area contributed by atoms with Crippen LogP contribution in [-0.2, 0) is 0 Å². The highest BCUT2D eigenvalue weighted by atomic mass is 32.1. The highest BCUT2D eigenvalue weighted by Crippen LogP contribution is 2.52. The average molecular weight is 560 g/mol. The Balaban J connectivity index is 1.44. The number of allylic oxidation sites excluding steroid dienone is 2. The van der Waals surface area contributed by atoms with Gasteiger partial charge in [0.05, 0.1) is 33.4 Å². The summed E-state index contributed by atoms with van der Waals surface area (Å²) in [5.41, 5.74) is 6.23. The SMILES string of the molecule is CCC1C(C2=CC=CNC2)=Nc2c(sc3ccccc23)C1n1c2cc3ccccc3cc2c2c3ccccc3ccc21. The minimum atomic E-state index is 0.129. The van der Waals surface area contributed by atoms with E-state index in [-0.39, 0.29) is 12.0 Å². The molecule has 0 aliphatic carbocycles. The molecule has 0 radical (unpaired) electrons. The van der Waals surface area contributed by atoms with Crippen LogP contribution in [0.4, 0.5) is 5.69 Å². The van der Waals surface area contributed by atoms with Gasteiger partial charge >= 0.3 is 0 Å². The molecule has 0 fully saturated rings. The van der Waals surface area contributed by atoms with Crippen molar-refractivity contribution in [1.29, 1.82) is 0 Å². The number of dihydropyridines is 1. The molecule has 1 N–H and O–H groups in total. The maximum Gasteiger partial charge on any atom is 0.0872 e. The van der Waals surface area contributed by atoms with Gasteiger partial charge in [-0.25, -0.2) is 0 Å². The molecule has 0 amide bonds. The summed E-state index contributed by atoms with van der Waals surface area (Å²) in [6.45, 7) is 3.13. The summed E-state index contributed by atoms with van der Waals surface area (Å²) < 4.78 is 3.98. The Morgan fingerprint density at radius 2 is 1.57 bits per heavy atom. The van der Waals surface area contributed by atoms with Crippen LogP contribution in [0.25, 0.3) is 53.4 Å². The molecule has 2 unspecified atom stereocenters. The van der Waals surface area contributed by atoms with Gasteiger partial charge in [0.1, 0.15) is 0 Å². The van der Waals surface area contributed by atoms with E-state index in [1.54, 1.807) is 0 Å². The van der Waals surface area contributed by atoms with Gasteiger partial charge in [0.2, 0.25) is 0 Å². The monoisotopic (exact) mass is 559 g/mol. The van der Waals surface area contributed by atoms with E-state index in [2.05, 4.69) is 126 Å². The molecule has 7 aromatic rings. The van der Waals surface area contributed by atoms with Crippen molar-refractivity contribution in [3.05, 3.63) is 126 Å². The average Bonchev–Trinajstić information content (AvgIpc) is 3.58. The zero-order valence-electron chi connectivity index (χ0n) is 23.3. The molecule has 9 rings (SSSR count). The lowest BCUT2D eigenvalue weighted by Crippen LogP contribution is -2.33. The molecule has 2 aliphatic heterocycles. The van der Waals surface area contributed by atoms with Gasteiger partial charge in [-0.2, -0.15) is 0 Å². The molecule has 42 heavy (non-hydrogen) atoms. The smallest absolute Gasteiger partial charge is 0.0872 e. The van der Waals surface area contributed by atoms with Crippen LogP contribution in [-0.4, -0.2) is 16.8 Å². The molecule has 5 aromatic carbocycles. The number of aromatic nitrogens is 1. The predicted octanol–water partition coefficient (Wildman–Crippen LogP) is 10.1. The van der Waals surface area contributed by atoms with Crippen molar-refractivity contribution < 1.29 is 0 Å². The molecule has 2 aromatic heterocycles. The number of nitrogens with one attached hydrogen (secondary N) is 1. The fourth-order valence-electron chi connectivity index (χ4n) is 7.36. The number of fused-ring (bicyclic) bond motifs is 9. The number of hydrogen-bond acceptors (Lipinski definition) is 3. The predicted molar refractivity (Wildman–Crippen MR) is 181 cm³/mol. The first kappa shape index (κ1) is 24.0. The van der Waals surface area contributed by atoms with Gasteiger partial charge in [0, 0.05) is 33.3 Å². The molecule has 3 nitrogen and oxygen atoms in total. The first-order valence-corrected chi connectivity index (χ1v) is 15.7. The lowest BCUT2D eigenvalue weighted by atomic mass is 9.83. The van der Waals surface area contributed by atoms with E-state index in [0.717, 1.165) is 18.7 Å². The molecule has 0 spiro atoms. The molecule has 2 aliphatic rings. The van der Waals surface area contributed by atoms with Crippen molar-refractivity contribution in [1.82, 2.24) is 9.88 Å². The summed E-state index contributed by atoms with van der Waals surface area (Å²) in [4.78, 5) is 6.87. The number of aliphatic imine (C=N–C) groups is 1. The van der Waals surface area contributed by atoms with Crippen LogP contribution in [0.3, 0.4) is 0 Å². The Bertz CT molecular complexity index is 2310. The molecule has 202 valence electrons. The number of nitrogens with zero attached hydrogens (tertiary/aromatic N) is 2. The Morgan fingerprint density at radius 3 is 2.38 bits per heavy atom. The van der Waals surface area contributed by atoms with E-state index < -0.39 is 0 Å². The maximum absolute atomic E-state index is 5.50. The van der Waals surface area contributed by atoms with Gasteiger partial charge in [-0.15, -0.1) is 11.3 Å². The lowest BCUT2D eigenvalue weighted by Gasteiger charge is -2.34. The number of hydrogen-bond donors (Lipinski definition) is 1. The second kappa shape index (κ2) is 9.17. The van der Waals surface area contributed by atoms with E-state index in [9.17, 15) is 0 Å². The quantitative estimate of drug-likeness (QED) is 0.229. The lowest BCUT2D eigenvalue weighted by molar-refractivity contribution is 0.479. The van der Waals surface area contributed by atoms with Crippen molar-refractivity contribution in [3.63, 3.8) is 0 Å². The van der Waals surface area contributed by atoms with E-state index in [0.29, 0.717) is 0 Å². The third-order valence-corrected chi connectivity index (χ3v) is 10.5. The van der Waals surface area contributed by atoms with Crippen molar-refractivity contribution in [2.24, 2.45) is 10.9 Å². The highest BCUT2D eigenvalue weighted by molar-refractivity contribution is 7.19. The maximum atomic E-state index is 5.50. The molecular weight excluding hydrogens is 531 g/mol. The largest absolute Gasteiger partial charge is 0.387 e. The summed E-state index contributed by atoms with van der Waals surface area (Å²) in [5, 5.41) is 12.5. The van der Waals surface area contributed by atoms with Gasteiger partial charge in [0.25, 0.3) is 0 Å². The number of thiophene rings is 1. The van der Waals surface area contributed by atoms with Gasteiger partial charge in [-0.05, 0) is 70.1 Å². The molecule has 4 heterocycles. The molecule has 4 heteroatoms. The highest BCUT2D eigenvalue weighted by Gasteiger charge is 2.38. The summed E-state index contributed by atoms with van der Waals surface area (Å²) in [6, 6.07) is 36.0. The molecular formula is C38H29N3S. The summed E-state index contributed by atoms with van der Waals surface area (Å²) in [7, 11) is 0. The van der Waals surface area contributed by atoms with E-state index in [1.165, 1.54) is 69.6 Å². The zero-order valence-corrected chi connectivity index (χ0v) is 24.2. The Kier molecular flexibility index (Phi) is 5.23. The Hall–Kier alpha value is -4.67. The van der Waals surface area contributed by atoms with Crippen LogP contribution < -0.4 is 5.32 Å². The standard InChI is InChI=1S/C38H29N3S/c1-2-27-35(26-13-9-19-39-22-26)40-36-29-15-7-8-16-33(29)42-38(36)37(27)41-31-18-17-23-10-5-6-14-28(23)34(31)30-20-24-11-3-4-12-25(24)21-32(30)41/h3-21,27,37,39H,2,22H2,1H3. The normalized spacial score (nSPS) is 18.5. The third-order valence-electron chi connectivity index (χ3n) is 9.24. The van der Waals surface area contributed by atoms with E-state index in [1.807, 2.05) is 17.5 Å². The Labute approximate surface area is 248 Å². The molecule has 0 saturated heterocycles. The van der Waals surface area contributed by atoms with Crippen molar-refractivity contribution in [2.75, 3.05) is 6.54 Å². The fourth-order valence-corrected chi connectivity index (χ4v) is 8.66. The minimum Gasteiger partial charge on any atom is -0.387 e. The van der Waals surface area contributed by atoms with E-state index in [4.69, 9.17) is 4.99 Å². The summed E-state index contributed by atoms with van der Waals surface area (Å²) >= 11 is 1.92. The molecule has 0 saturated carbocycles. The third kappa shape index (κ3) is 3.36. The van der Waals surface area contributed by atoms with Crippen LogP contribution in [0.15, 0.2) is 126 Å². The van der Waals surface area contributed by atoms with Crippen LogP contribution >= 0.6 is 11.3 Å². The van der Waals surface area contributed by atoms with Gasteiger partial charge in [-0.3, -0.25) is 4.99 Å². The second-order valence-corrected chi connectivity index (χ2v) is 12.6. The number of rotatable bonds is 3. The van der Waals surface area contributed by atoms with Gasteiger partial charge in [0.15, 0.2) is 0 Å². The summed E-state index contributed by atoms with van der Waals surface area (Å²) in [6.07, 6.45) is 7.39. The first-order valence-electron chi connectivity index (χ1n) is 14.8. The van der Waals surface area contributed by atoms with Crippen LogP contribution in [0, 0.1) is 5.92 Å². The minimum absolute atomic E-state index is 0.129.